The summed E-state index contributed by atoms with van der Waals surface area (Å²) in [6, 6.07) is 0. The molecule has 0 atom stereocenters. The molecule has 0 saturated heterocycles. The minimum atomic E-state index is -3.31. The van der Waals surface area contributed by atoms with E-state index < -0.39 is 15.8 Å². The lowest BCUT2D eigenvalue weighted by atomic mass is 10.5. The smallest absolute Gasteiger partial charge is 0.224 e. The summed E-state index contributed by atoms with van der Waals surface area (Å²) in [7, 11) is -0.393. The van der Waals surface area contributed by atoms with E-state index in [4.69, 9.17) is 0 Å². The molecule has 1 rings (SSSR count). The van der Waals surface area contributed by atoms with E-state index in [1.807, 2.05) is 0 Å². The highest BCUT2D eigenvalue weighted by atomic mass is 32.2. The number of hydrogen-bond acceptors (Lipinski definition) is 6. The summed E-state index contributed by atoms with van der Waals surface area (Å²) in [5.41, 5.74) is 0. The minimum absolute atomic E-state index is 0.0318. The van der Waals surface area contributed by atoms with Gasteiger partial charge in [-0.2, -0.15) is 4.98 Å². The van der Waals surface area contributed by atoms with Gasteiger partial charge in [0.15, 0.2) is 11.6 Å². The third kappa shape index (κ3) is 4.11. The van der Waals surface area contributed by atoms with Crippen molar-refractivity contribution >= 4 is 21.8 Å². The molecule has 7 nitrogen and oxygen atoms in total. The highest BCUT2D eigenvalue weighted by molar-refractivity contribution is 7.89. The summed E-state index contributed by atoms with van der Waals surface area (Å²) < 4.78 is 37.6. The number of nitrogens with one attached hydrogen (secondary N) is 3. The van der Waals surface area contributed by atoms with Gasteiger partial charge in [0.05, 0.1) is 11.9 Å². The van der Waals surface area contributed by atoms with Crippen molar-refractivity contribution in [3.8, 4) is 0 Å². The maximum absolute atomic E-state index is 13.2. The van der Waals surface area contributed by atoms with Crippen molar-refractivity contribution in [2.75, 3.05) is 37.0 Å². The van der Waals surface area contributed by atoms with Crippen molar-refractivity contribution < 1.29 is 12.8 Å². The van der Waals surface area contributed by atoms with Crippen LogP contribution in [0.15, 0.2) is 6.20 Å². The predicted molar refractivity (Wildman–Crippen MR) is 62.9 cm³/mol. The van der Waals surface area contributed by atoms with Crippen molar-refractivity contribution in [1.29, 1.82) is 0 Å². The van der Waals surface area contributed by atoms with Crippen LogP contribution in [-0.2, 0) is 10.0 Å². The Bertz CT molecular complexity index is 479. The lowest BCUT2D eigenvalue weighted by molar-refractivity contribution is 0.588. The number of sulfonamides is 1. The number of rotatable bonds is 6. The Hall–Kier alpha value is -1.48. The second-order valence-electron chi connectivity index (χ2n) is 3.09. The lowest BCUT2D eigenvalue weighted by Gasteiger charge is -2.07. The summed E-state index contributed by atoms with van der Waals surface area (Å²) in [5, 5.41) is 5.25. The molecule has 9 heteroatoms. The molecular formula is C8H14FN5O2S. The van der Waals surface area contributed by atoms with Gasteiger partial charge in [0.25, 0.3) is 0 Å². The SMILES string of the molecule is CNc1ncc(F)c(NCCS(=O)(=O)NC)n1. The Labute approximate surface area is 98.9 Å². The number of halogens is 1. The minimum Gasteiger partial charge on any atom is -0.366 e. The van der Waals surface area contributed by atoms with Crippen molar-refractivity contribution in [2.45, 2.75) is 0 Å². The quantitative estimate of drug-likeness (QED) is 0.647. The van der Waals surface area contributed by atoms with E-state index in [1.54, 1.807) is 7.05 Å². The van der Waals surface area contributed by atoms with Crippen LogP contribution in [0.4, 0.5) is 16.2 Å². The van der Waals surface area contributed by atoms with Crippen LogP contribution in [0.2, 0.25) is 0 Å². The molecule has 0 radical (unpaired) electrons. The molecule has 0 aliphatic rings. The molecule has 0 unspecified atom stereocenters. The van der Waals surface area contributed by atoms with Crippen LogP contribution in [0.3, 0.4) is 0 Å². The Morgan fingerprint density at radius 1 is 1.41 bits per heavy atom. The van der Waals surface area contributed by atoms with E-state index in [1.165, 1.54) is 7.05 Å². The summed E-state index contributed by atoms with van der Waals surface area (Å²) >= 11 is 0. The number of anilines is 2. The Morgan fingerprint density at radius 2 is 2.12 bits per heavy atom. The molecule has 1 heterocycles. The Morgan fingerprint density at radius 3 is 2.71 bits per heavy atom. The standard InChI is InChI=1S/C8H14FN5O2S/c1-10-8-13-5-6(9)7(14-8)12-3-4-17(15,16)11-2/h5,11H,3-4H2,1-2H3,(H2,10,12,13,14). The summed E-state index contributed by atoms with van der Waals surface area (Å²) in [4.78, 5) is 7.48. The van der Waals surface area contributed by atoms with Gasteiger partial charge in [-0.3, -0.25) is 0 Å². The van der Waals surface area contributed by atoms with Crippen LogP contribution in [-0.4, -0.2) is 44.8 Å². The van der Waals surface area contributed by atoms with Crippen molar-refractivity contribution in [3.05, 3.63) is 12.0 Å². The molecule has 0 spiro atoms. The normalized spacial score (nSPS) is 11.2. The van der Waals surface area contributed by atoms with E-state index in [0.717, 1.165) is 6.20 Å². The molecule has 96 valence electrons. The first-order chi connectivity index (χ1) is 7.98. The van der Waals surface area contributed by atoms with Crippen LogP contribution in [0.25, 0.3) is 0 Å². The molecule has 0 fully saturated rings. The van der Waals surface area contributed by atoms with Crippen LogP contribution in [0, 0.1) is 5.82 Å². The molecule has 0 bridgehead atoms. The zero-order chi connectivity index (χ0) is 12.9. The van der Waals surface area contributed by atoms with Crippen LogP contribution < -0.4 is 15.4 Å². The van der Waals surface area contributed by atoms with Gasteiger partial charge in [0.1, 0.15) is 0 Å². The first-order valence-corrected chi connectivity index (χ1v) is 6.49. The summed E-state index contributed by atoms with van der Waals surface area (Å²) in [6.07, 6.45) is 1.01. The summed E-state index contributed by atoms with van der Waals surface area (Å²) in [6.45, 7) is 0.0558. The van der Waals surface area contributed by atoms with Crippen molar-refractivity contribution in [3.63, 3.8) is 0 Å². The van der Waals surface area contributed by atoms with Crippen molar-refractivity contribution in [2.24, 2.45) is 0 Å². The first kappa shape index (κ1) is 13.6. The number of aromatic nitrogens is 2. The molecule has 1 aromatic heterocycles. The van der Waals surface area contributed by atoms with Gasteiger partial charge in [-0.05, 0) is 7.05 Å². The maximum atomic E-state index is 13.2. The van der Waals surface area contributed by atoms with Gasteiger partial charge in [0, 0.05) is 13.6 Å². The van der Waals surface area contributed by atoms with E-state index in [0.29, 0.717) is 0 Å². The van der Waals surface area contributed by atoms with E-state index in [9.17, 15) is 12.8 Å². The average molecular weight is 263 g/mol. The van der Waals surface area contributed by atoms with Gasteiger partial charge in [0.2, 0.25) is 16.0 Å². The van der Waals surface area contributed by atoms with Gasteiger partial charge in [-0.1, -0.05) is 0 Å². The Kier molecular flexibility index (Phi) is 4.58. The molecule has 0 saturated carbocycles. The molecule has 1 aromatic rings. The first-order valence-electron chi connectivity index (χ1n) is 4.84. The van der Waals surface area contributed by atoms with Gasteiger partial charge < -0.3 is 10.6 Å². The zero-order valence-corrected chi connectivity index (χ0v) is 10.3. The lowest BCUT2D eigenvalue weighted by Crippen LogP contribution is -2.26. The number of hydrogen-bond donors (Lipinski definition) is 3. The monoisotopic (exact) mass is 263 g/mol. The van der Waals surface area contributed by atoms with Crippen molar-refractivity contribution in [1.82, 2.24) is 14.7 Å². The fraction of sp³-hybridized carbons (Fsp3) is 0.500. The van der Waals surface area contributed by atoms with Gasteiger partial charge >= 0.3 is 0 Å². The van der Waals surface area contributed by atoms with E-state index >= 15 is 0 Å². The largest absolute Gasteiger partial charge is 0.366 e. The third-order valence-electron chi connectivity index (χ3n) is 1.94. The molecule has 17 heavy (non-hydrogen) atoms. The maximum Gasteiger partial charge on any atom is 0.224 e. The molecular weight excluding hydrogens is 249 g/mol. The molecule has 0 aliphatic heterocycles. The number of nitrogens with zero attached hydrogens (tertiary/aromatic N) is 2. The highest BCUT2D eigenvalue weighted by Gasteiger charge is 2.09. The fourth-order valence-corrected chi connectivity index (χ4v) is 1.59. The second kappa shape index (κ2) is 5.73. The summed E-state index contributed by atoms with van der Waals surface area (Å²) in [5.74, 6) is -0.575. The molecule has 3 N–H and O–H groups in total. The second-order valence-corrected chi connectivity index (χ2v) is 5.14. The molecule has 0 amide bonds. The molecule has 0 aliphatic carbocycles. The Balaban J connectivity index is 2.63. The topological polar surface area (TPSA) is 96.0 Å². The van der Waals surface area contributed by atoms with Gasteiger partial charge in [-0.15, -0.1) is 0 Å². The highest BCUT2D eigenvalue weighted by Crippen LogP contribution is 2.10. The van der Waals surface area contributed by atoms with Crippen LogP contribution in [0.1, 0.15) is 0 Å². The van der Waals surface area contributed by atoms with Crippen LogP contribution >= 0.6 is 0 Å². The fourth-order valence-electron chi connectivity index (χ4n) is 1.02. The predicted octanol–water partition coefficient (Wildman–Crippen LogP) is -0.381. The third-order valence-corrected chi connectivity index (χ3v) is 3.31. The molecule has 0 aromatic carbocycles. The van der Waals surface area contributed by atoms with E-state index in [-0.39, 0.29) is 24.1 Å². The van der Waals surface area contributed by atoms with Crippen LogP contribution in [0.5, 0.6) is 0 Å². The van der Waals surface area contributed by atoms with Gasteiger partial charge in [-0.25, -0.2) is 22.5 Å². The van der Waals surface area contributed by atoms with E-state index in [2.05, 4.69) is 25.3 Å². The average Bonchev–Trinajstić information content (AvgIpc) is 2.31. The zero-order valence-electron chi connectivity index (χ0n) is 9.49.